The summed E-state index contributed by atoms with van der Waals surface area (Å²) in [6.07, 6.45) is 3.94. The minimum absolute atomic E-state index is 0.678. The van der Waals surface area contributed by atoms with Crippen LogP contribution in [0.5, 0.6) is 0 Å². The van der Waals surface area contributed by atoms with Crippen LogP contribution in [0.2, 0.25) is 0 Å². The zero-order valence-corrected chi connectivity index (χ0v) is 7.20. The molecule has 1 nitrogen and oxygen atoms in total. The van der Waals surface area contributed by atoms with Crippen molar-refractivity contribution in [2.24, 2.45) is 0 Å². The van der Waals surface area contributed by atoms with Crippen LogP contribution >= 0.6 is 0 Å². The van der Waals surface area contributed by atoms with Crippen LogP contribution < -0.4 is 5.32 Å². The fourth-order valence-electron chi connectivity index (χ4n) is 1.43. The molecule has 0 aromatic carbocycles. The average Bonchev–Trinajstić information content (AvgIpc) is 1.96. The van der Waals surface area contributed by atoms with Crippen LogP contribution in [-0.4, -0.2) is 6.04 Å². The zero-order valence-electron chi connectivity index (χ0n) is 7.20. The van der Waals surface area contributed by atoms with Gasteiger partial charge in [0.05, 0.1) is 0 Å². The van der Waals surface area contributed by atoms with Gasteiger partial charge in [0.25, 0.3) is 0 Å². The monoisotopic (exact) mass is 139 g/mol. The van der Waals surface area contributed by atoms with Crippen molar-refractivity contribution in [3.05, 3.63) is 11.3 Å². The van der Waals surface area contributed by atoms with Crippen LogP contribution in [0.4, 0.5) is 0 Å². The predicted molar refractivity (Wildman–Crippen MR) is 44.8 cm³/mol. The van der Waals surface area contributed by atoms with Crippen molar-refractivity contribution in [2.45, 2.75) is 46.1 Å². The Morgan fingerprint density at radius 3 is 2.80 bits per heavy atom. The Morgan fingerprint density at radius 1 is 1.40 bits per heavy atom. The normalized spacial score (nSPS) is 27.7. The van der Waals surface area contributed by atoms with E-state index in [4.69, 9.17) is 0 Å². The number of nitrogens with one attached hydrogen (secondary N) is 1. The molecule has 1 aliphatic heterocycles. The maximum atomic E-state index is 3.47. The predicted octanol–water partition coefficient (Wildman–Crippen LogP) is 2.44. The molecular formula is C9H17N. The van der Waals surface area contributed by atoms with Crippen molar-refractivity contribution in [3.8, 4) is 0 Å². The summed E-state index contributed by atoms with van der Waals surface area (Å²) in [6, 6.07) is 0.678. The summed E-state index contributed by atoms with van der Waals surface area (Å²) in [4.78, 5) is 0. The van der Waals surface area contributed by atoms with Crippen LogP contribution in [0.3, 0.4) is 0 Å². The van der Waals surface area contributed by atoms with Gasteiger partial charge in [-0.15, -0.1) is 0 Å². The van der Waals surface area contributed by atoms with Crippen LogP contribution in [-0.2, 0) is 0 Å². The number of rotatable bonds is 0. The Labute approximate surface area is 63.5 Å². The van der Waals surface area contributed by atoms with Crippen molar-refractivity contribution >= 4 is 0 Å². The molecule has 0 spiro atoms. The highest BCUT2D eigenvalue weighted by atomic mass is 14.9. The molecule has 0 saturated carbocycles. The molecule has 1 rings (SSSR count). The van der Waals surface area contributed by atoms with E-state index in [1.807, 2.05) is 0 Å². The quantitative estimate of drug-likeness (QED) is 0.543. The first kappa shape index (κ1) is 7.64. The molecule has 0 aliphatic carbocycles. The number of hydrogen-bond acceptors (Lipinski definition) is 1. The highest BCUT2D eigenvalue weighted by Crippen LogP contribution is 2.16. The third-order valence-electron chi connectivity index (χ3n) is 2.29. The molecule has 0 bridgehead atoms. The molecule has 1 heteroatoms. The van der Waals surface area contributed by atoms with Gasteiger partial charge in [-0.3, -0.25) is 0 Å². The van der Waals surface area contributed by atoms with E-state index in [9.17, 15) is 0 Å². The SMILES string of the molecule is CC1=C(C)NC(C)CCC1. The second-order valence-corrected chi connectivity index (χ2v) is 3.34. The van der Waals surface area contributed by atoms with Gasteiger partial charge in [-0.05, 0) is 40.0 Å². The van der Waals surface area contributed by atoms with E-state index >= 15 is 0 Å². The van der Waals surface area contributed by atoms with Gasteiger partial charge < -0.3 is 5.32 Å². The molecule has 0 saturated heterocycles. The maximum Gasteiger partial charge on any atom is 0.0230 e. The maximum absolute atomic E-state index is 3.47. The van der Waals surface area contributed by atoms with Gasteiger partial charge in [-0.1, -0.05) is 5.57 Å². The first-order valence-electron chi connectivity index (χ1n) is 4.13. The molecule has 0 radical (unpaired) electrons. The topological polar surface area (TPSA) is 12.0 Å². The van der Waals surface area contributed by atoms with Crippen LogP contribution in [0.1, 0.15) is 40.0 Å². The van der Waals surface area contributed by atoms with E-state index in [0.29, 0.717) is 6.04 Å². The summed E-state index contributed by atoms with van der Waals surface area (Å²) in [7, 11) is 0. The molecule has 0 amide bonds. The van der Waals surface area contributed by atoms with Crippen LogP contribution in [0, 0.1) is 0 Å². The Bertz CT molecular complexity index is 147. The molecular weight excluding hydrogens is 122 g/mol. The van der Waals surface area contributed by atoms with Crippen LogP contribution in [0.15, 0.2) is 11.3 Å². The first-order chi connectivity index (χ1) is 4.70. The Balaban J connectivity index is 2.61. The van der Waals surface area contributed by atoms with E-state index in [1.165, 1.54) is 30.5 Å². The van der Waals surface area contributed by atoms with Gasteiger partial charge in [-0.2, -0.15) is 0 Å². The summed E-state index contributed by atoms with van der Waals surface area (Å²) in [5.41, 5.74) is 2.93. The minimum atomic E-state index is 0.678. The van der Waals surface area contributed by atoms with Crippen LogP contribution in [0.25, 0.3) is 0 Å². The Morgan fingerprint density at radius 2 is 2.10 bits per heavy atom. The number of allylic oxidation sites excluding steroid dienone is 2. The lowest BCUT2D eigenvalue weighted by atomic mass is 10.1. The van der Waals surface area contributed by atoms with E-state index in [0.717, 1.165) is 0 Å². The second-order valence-electron chi connectivity index (χ2n) is 3.34. The molecule has 58 valence electrons. The van der Waals surface area contributed by atoms with Crippen molar-refractivity contribution < 1.29 is 0 Å². The zero-order chi connectivity index (χ0) is 7.56. The van der Waals surface area contributed by atoms with Crippen molar-refractivity contribution in [1.29, 1.82) is 0 Å². The third-order valence-corrected chi connectivity index (χ3v) is 2.29. The van der Waals surface area contributed by atoms with E-state index in [-0.39, 0.29) is 0 Å². The first-order valence-corrected chi connectivity index (χ1v) is 4.13. The number of hydrogen-bond donors (Lipinski definition) is 1. The van der Waals surface area contributed by atoms with Gasteiger partial charge in [0.15, 0.2) is 0 Å². The third kappa shape index (κ3) is 1.76. The van der Waals surface area contributed by atoms with Gasteiger partial charge in [0.1, 0.15) is 0 Å². The molecule has 1 heterocycles. The summed E-state index contributed by atoms with van der Waals surface area (Å²) in [5.74, 6) is 0. The second kappa shape index (κ2) is 3.09. The minimum Gasteiger partial charge on any atom is -0.386 e. The van der Waals surface area contributed by atoms with Crippen molar-refractivity contribution in [2.75, 3.05) is 0 Å². The van der Waals surface area contributed by atoms with E-state index in [1.54, 1.807) is 0 Å². The van der Waals surface area contributed by atoms with Gasteiger partial charge in [0, 0.05) is 11.7 Å². The summed E-state index contributed by atoms with van der Waals surface area (Å²) < 4.78 is 0. The Kier molecular flexibility index (Phi) is 2.36. The summed E-state index contributed by atoms with van der Waals surface area (Å²) >= 11 is 0. The van der Waals surface area contributed by atoms with Gasteiger partial charge in [0.2, 0.25) is 0 Å². The van der Waals surface area contributed by atoms with E-state index < -0.39 is 0 Å². The molecule has 1 N–H and O–H groups in total. The largest absolute Gasteiger partial charge is 0.386 e. The standard InChI is InChI=1S/C9H17N/c1-7-5-4-6-8(2)10-9(7)3/h8,10H,4-6H2,1-3H3. The van der Waals surface area contributed by atoms with Gasteiger partial charge >= 0.3 is 0 Å². The lowest BCUT2D eigenvalue weighted by molar-refractivity contribution is 0.567. The summed E-state index contributed by atoms with van der Waals surface area (Å²) in [5, 5.41) is 3.47. The Hall–Kier alpha value is -0.460. The smallest absolute Gasteiger partial charge is 0.0230 e. The highest BCUT2D eigenvalue weighted by Gasteiger charge is 2.07. The van der Waals surface area contributed by atoms with E-state index in [2.05, 4.69) is 26.1 Å². The molecule has 10 heavy (non-hydrogen) atoms. The fraction of sp³-hybridized carbons (Fsp3) is 0.778. The highest BCUT2D eigenvalue weighted by molar-refractivity contribution is 5.09. The van der Waals surface area contributed by atoms with Crippen molar-refractivity contribution in [3.63, 3.8) is 0 Å². The average molecular weight is 139 g/mol. The molecule has 1 atom stereocenters. The lowest BCUT2D eigenvalue weighted by Gasteiger charge is -2.11. The molecule has 0 aromatic heterocycles. The molecule has 0 aromatic rings. The summed E-state index contributed by atoms with van der Waals surface area (Å²) in [6.45, 7) is 6.65. The van der Waals surface area contributed by atoms with Crippen molar-refractivity contribution in [1.82, 2.24) is 5.32 Å². The lowest BCUT2D eigenvalue weighted by Crippen LogP contribution is -2.22. The van der Waals surface area contributed by atoms with Gasteiger partial charge in [-0.25, -0.2) is 0 Å². The molecule has 0 fully saturated rings. The molecule has 1 unspecified atom stereocenters. The molecule has 1 aliphatic rings. The fourth-order valence-corrected chi connectivity index (χ4v) is 1.43.